The summed E-state index contributed by atoms with van der Waals surface area (Å²) in [7, 11) is 0. The van der Waals surface area contributed by atoms with E-state index in [-0.39, 0.29) is 6.61 Å². The molecule has 0 aliphatic heterocycles. The second-order valence-corrected chi connectivity index (χ2v) is 4.18. The summed E-state index contributed by atoms with van der Waals surface area (Å²) in [5.41, 5.74) is 0.949. The molecule has 0 bridgehead atoms. The Morgan fingerprint density at radius 3 is 2.42 bits per heavy atom. The summed E-state index contributed by atoms with van der Waals surface area (Å²) in [5, 5.41) is 8.64. The van der Waals surface area contributed by atoms with Crippen LogP contribution in [0.5, 0.6) is 5.75 Å². The molecule has 0 saturated heterocycles. The molecule has 1 rings (SSSR count). The van der Waals surface area contributed by atoms with Gasteiger partial charge in [0.05, 0.1) is 6.61 Å². The van der Waals surface area contributed by atoms with E-state index in [1.165, 1.54) is 0 Å². The van der Waals surface area contributed by atoms with Crippen LogP contribution in [0, 0.1) is 11.8 Å². The van der Waals surface area contributed by atoms with Gasteiger partial charge in [0.2, 0.25) is 0 Å². The minimum Gasteiger partial charge on any atom is -0.492 e. The van der Waals surface area contributed by atoms with Gasteiger partial charge in [-0.05, 0) is 37.4 Å². The maximum Gasteiger partial charge on any atom is 0.119 e. The molecule has 1 N–H and O–H groups in total. The van der Waals surface area contributed by atoms with E-state index in [0.717, 1.165) is 30.9 Å². The lowest BCUT2D eigenvalue weighted by atomic mass is 10.2. The van der Waals surface area contributed by atoms with Gasteiger partial charge in [-0.25, -0.2) is 0 Å². The third-order valence-electron chi connectivity index (χ3n) is 2.89. The van der Waals surface area contributed by atoms with Gasteiger partial charge in [-0.1, -0.05) is 25.7 Å². The highest BCUT2D eigenvalue weighted by atomic mass is 16.5. The van der Waals surface area contributed by atoms with Gasteiger partial charge in [-0.15, -0.1) is 0 Å². The molecule has 3 nitrogen and oxygen atoms in total. The maximum absolute atomic E-state index is 8.64. The summed E-state index contributed by atoms with van der Waals surface area (Å²) in [6, 6.07) is 7.75. The summed E-state index contributed by atoms with van der Waals surface area (Å²) < 4.78 is 5.69. The molecule has 0 heterocycles. The first-order valence-electron chi connectivity index (χ1n) is 6.85. The van der Waals surface area contributed by atoms with Gasteiger partial charge >= 0.3 is 0 Å². The Kier molecular flexibility index (Phi) is 7.72. The average Bonchev–Trinajstić information content (AvgIpc) is 2.45. The normalized spacial score (nSPS) is 10.1. The smallest absolute Gasteiger partial charge is 0.119 e. The van der Waals surface area contributed by atoms with E-state index in [9.17, 15) is 0 Å². The highest BCUT2D eigenvalue weighted by Gasteiger charge is 1.99. The van der Waals surface area contributed by atoms with Gasteiger partial charge < -0.3 is 14.7 Å². The molecule has 0 radical (unpaired) electrons. The lowest BCUT2D eigenvalue weighted by molar-refractivity contribution is 0.223. The van der Waals surface area contributed by atoms with E-state index in [1.807, 2.05) is 24.3 Å². The molecule has 0 aromatic heterocycles. The Hall–Kier alpha value is -1.50. The molecule has 1 aromatic carbocycles. The predicted octanol–water partition coefficient (Wildman–Crippen LogP) is 2.14. The Morgan fingerprint density at radius 2 is 1.84 bits per heavy atom. The molecule has 0 aliphatic carbocycles. The number of hydrogen-bond acceptors (Lipinski definition) is 3. The summed E-state index contributed by atoms with van der Waals surface area (Å²) >= 11 is 0. The molecule has 0 aliphatic rings. The number of nitrogens with zero attached hydrogens (tertiary/aromatic N) is 1. The molecule has 3 heteroatoms. The molecule has 0 atom stereocenters. The minimum absolute atomic E-state index is 0.111. The molecular weight excluding hydrogens is 238 g/mol. The number of ether oxygens (including phenoxy) is 1. The van der Waals surface area contributed by atoms with Gasteiger partial charge in [0.1, 0.15) is 12.4 Å². The fraction of sp³-hybridized carbons (Fsp3) is 0.500. The van der Waals surface area contributed by atoms with Crippen molar-refractivity contribution in [3.05, 3.63) is 29.8 Å². The Morgan fingerprint density at radius 1 is 1.16 bits per heavy atom. The van der Waals surface area contributed by atoms with Crippen LogP contribution in [-0.4, -0.2) is 42.9 Å². The largest absolute Gasteiger partial charge is 0.492 e. The second-order valence-electron chi connectivity index (χ2n) is 4.18. The first kappa shape index (κ1) is 15.6. The van der Waals surface area contributed by atoms with Crippen LogP contribution >= 0.6 is 0 Å². The second kappa shape index (κ2) is 9.43. The standard InChI is InChI=1S/C16H23NO2/c1-3-17(4-2)12-14-19-16-10-8-15(9-11-16)7-5-6-13-18/h8-11,18H,3-4,6,12-14H2,1-2H3. The van der Waals surface area contributed by atoms with Crippen LogP contribution in [0.2, 0.25) is 0 Å². The summed E-state index contributed by atoms with van der Waals surface area (Å²) in [5.74, 6) is 6.76. The highest BCUT2D eigenvalue weighted by molar-refractivity contribution is 5.38. The van der Waals surface area contributed by atoms with Gasteiger partial charge in [0.15, 0.2) is 0 Å². The molecule has 0 amide bonds. The third-order valence-corrected chi connectivity index (χ3v) is 2.89. The van der Waals surface area contributed by atoms with Crippen molar-refractivity contribution in [3.8, 4) is 17.6 Å². The van der Waals surface area contributed by atoms with Crippen molar-refractivity contribution in [3.63, 3.8) is 0 Å². The van der Waals surface area contributed by atoms with Gasteiger partial charge in [0.25, 0.3) is 0 Å². The summed E-state index contributed by atoms with van der Waals surface area (Å²) in [6.07, 6.45) is 0.516. The van der Waals surface area contributed by atoms with Gasteiger partial charge in [0, 0.05) is 18.5 Å². The number of hydrogen-bond donors (Lipinski definition) is 1. The quantitative estimate of drug-likeness (QED) is 0.763. The van der Waals surface area contributed by atoms with Crippen molar-refractivity contribution in [1.82, 2.24) is 4.90 Å². The van der Waals surface area contributed by atoms with Gasteiger partial charge in [-0.2, -0.15) is 0 Å². The zero-order valence-electron chi connectivity index (χ0n) is 11.9. The van der Waals surface area contributed by atoms with E-state index in [0.29, 0.717) is 13.0 Å². The molecule has 19 heavy (non-hydrogen) atoms. The van der Waals surface area contributed by atoms with Crippen LogP contribution in [0.4, 0.5) is 0 Å². The van der Waals surface area contributed by atoms with Crippen molar-refractivity contribution in [2.24, 2.45) is 0 Å². The van der Waals surface area contributed by atoms with Crippen molar-refractivity contribution in [1.29, 1.82) is 0 Å². The Balaban J connectivity index is 2.38. The Bertz CT molecular complexity index is 399. The van der Waals surface area contributed by atoms with E-state index >= 15 is 0 Å². The molecule has 0 unspecified atom stereocenters. The van der Waals surface area contributed by atoms with Crippen LogP contribution in [-0.2, 0) is 0 Å². The third kappa shape index (κ3) is 6.28. The summed E-state index contributed by atoms with van der Waals surface area (Å²) in [6.45, 7) is 8.19. The number of rotatable bonds is 7. The molecular formula is C16H23NO2. The van der Waals surface area contributed by atoms with Crippen LogP contribution < -0.4 is 4.74 Å². The first-order valence-corrected chi connectivity index (χ1v) is 6.85. The lowest BCUT2D eigenvalue weighted by Crippen LogP contribution is -2.27. The topological polar surface area (TPSA) is 32.7 Å². The monoisotopic (exact) mass is 261 g/mol. The average molecular weight is 261 g/mol. The molecule has 1 aromatic rings. The molecule has 0 fully saturated rings. The zero-order chi connectivity index (χ0) is 13.9. The molecule has 104 valence electrons. The number of aliphatic hydroxyl groups is 1. The fourth-order valence-electron chi connectivity index (χ4n) is 1.69. The van der Waals surface area contributed by atoms with E-state index < -0.39 is 0 Å². The highest BCUT2D eigenvalue weighted by Crippen LogP contribution is 2.11. The SMILES string of the molecule is CCN(CC)CCOc1ccc(C#CCCO)cc1. The van der Waals surface area contributed by atoms with Gasteiger partial charge in [-0.3, -0.25) is 0 Å². The van der Waals surface area contributed by atoms with E-state index in [4.69, 9.17) is 9.84 Å². The first-order chi connectivity index (χ1) is 9.30. The number of likely N-dealkylation sites (N-methyl/N-ethyl adjacent to an activating group) is 1. The lowest BCUT2D eigenvalue weighted by Gasteiger charge is -2.17. The minimum atomic E-state index is 0.111. The van der Waals surface area contributed by atoms with Crippen LogP contribution in [0.1, 0.15) is 25.8 Å². The van der Waals surface area contributed by atoms with Crippen molar-refractivity contribution < 1.29 is 9.84 Å². The number of benzene rings is 1. The molecule has 0 spiro atoms. The van der Waals surface area contributed by atoms with Crippen LogP contribution in [0.15, 0.2) is 24.3 Å². The van der Waals surface area contributed by atoms with Crippen LogP contribution in [0.3, 0.4) is 0 Å². The zero-order valence-corrected chi connectivity index (χ0v) is 11.9. The Labute approximate surface area is 116 Å². The van der Waals surface area contributed by atoms with Crippen molar-refractivity contribution in [2.45, 2.75) is 20.3 Å². The van der Waals surface area contributed by atoms with E-state index in [2.05, 4.69) is 30.6 Å². The maximum atomic E-state index is 8.64. The number of aliphatic hydroxyl groups excluding tert-OH is 1. The van der Waals surface area contributed by atoms with Crippen molar-refractivity contribution >= 4 is 0 Å². The molecule has 0 saturated carbocycles. The predicted molar refractivity (Wildman–Crippen MR) is 78.3 cm³/mol. The van der Waals surface area contributed by atoms with Crippen molar-refractivity contribution in [2.75, 3.05) is 32.8 Å². The van der Waals surface area contributed by atoms with E-state index in [1.54, 1.807) is 0 Å². The fourth-order valence-corrected chi connectivity index (χ4v) is 1.69. The van der Waals surface area contributed by atoms with Crippen LogP contribution in [0.25, 0.3) is 0 Å². The summed E-state index contributed by atoms with van der Waals surface area (Å²) in [4.78, 5) is 2.33.